The van der Waals surface area contributed by atoms with Crippen molar-refractivity contribution in [3.63, 3.8) is 0 Å². The van der Waals surface area contributed by atoms with Gasteiger partial charge in [0, 0.05) is 31.9 Å². The summed E-state index contributed by atoms with van der Waals surface area (Å²) in [6.45, 7) is 1.85. The Hall–Kier alpha value is -2.29. The smallest absolute Gasteiger partial charge is 0.243 e. The summed E-state index contributed by atoms with van der Waals surface area (Å²) >= 11 is 0. The zero-order valence-corrected chi connectivity index (χ0v) is 16.9. The normalized spacial score (nSPS) is 17.8. The van der Waals surface area contributed by atoms with Crippen LogP contribution in [0.25, 0.3) is 0 Å². The SMILES string of the molecule is O=C(CN1CCN(S(=O)(=O)c2ccc3c(c2)CCC3)CC1)Nc1ccc(F)cc1. The van der Waals surface area contributed by atoms with Crippen LogP contribution in [0.1, 0.15) is 17.5 Å². The number of carbonyl (C=O) groups is 1. The zero-order chi connectivity index (χ0) is 20.4. The van der Waals surface area contributed by atoms with Crippen LogP contribution in [0.4, 0.5) is 10.1 Å². The molecule has 0 radical (unpaired) electrons. The third-order valence-electron chi connectivity index (χ3n) is 5.53. The zero-order valence-electron chi connectivity index (χ0n) is 16.1. The minimum absolute atomic E-state index is 0.171. The summed E-state index contributed by atoms with van der Waals surface area (Å²) in [6.07, 6.45) is 3.04. The maximum Gasteiger partial charge on any atom is 0.243 e. The Morgan fingerprint density at radius 1 is 0.966 bits per heavy atom. The van der Waals surface area contributed by atoms with Gasteiger partial charge in [-0.2, -0.15) is 4.31 Å². The number of fused-ring (bicyclic) bond motifs is 1. The van der Waals surface area contributed by atoms with Crippen LogP contribution >= 0.6 is 0 Å². The van der Waals surface area contributed by atoms with Gasteiger partial charge in [-0.25, -0.2) is 12.8 Å². The fraction of sp³-hybridized carbons (Fsp3) is 0.381. The van der Waals surface area contributed by atoms with Crippen LogP contribution < -0.4 is 5.32 Å². The molecule has 8 heteroatoms. The quantitative estimate of drug-likeness (QED) is 0.810. The van der Waals surface area contributed by atoms with E-state index in [1.807, 2.05) is 17.0 Å². The number of hydrogen-bond acceptors (Lipinski definition) is 4. The topological polar surface area (TPSA) is 69.7 Å². The molecule has 1 aliphatic carbocycles. The van der Waals surface area contributed by atoms with Gasteiger partial charge in [-0.05, 0) is 66.8 Å². The van der Waals surface area contributed by atoms with Crippen LogP contribution in [0.15, 0.2) is 47.4 Å². The van der Waals surface area contributed by atoms with Crippen LogP contribution in [-0.4, -0.2) is 56.3 Å². The van der Waals surface area contributed by atoms with Crippen molar-refractivity contribution in [1.29, 1.82) is 0 Å². The number of piperazine rings is 1. The lowest BCUT2D eigenvalue weighted by atomic mass is 10.1. The van der Waals surface area contributed by atoms with Gasteiger partial charge in [0.25, 0.3) is 0 Å². The van der Waals surface area contributed by atoms with Crippen LogP contribution in [0, 0.1) is 5.82 Å². The molecule has 2 aromatic rings. The van der Waals surface area contributed by atoms with Gasteiger partial charge < -0.3 is 5.32 Å². The number of amides is 1. The van der Waals surface area contributed by atoms with E-state index in [4.69, 9.17) is 0 Å². The van der Waals surface area contributed by atoms with E-state index in [0.717, 1.165) is 24.8 Å². The first-order valence-corrected chi connectivity index (χ1v) is 11.3. The molecule has 2 aromatic carbocycles. The average molecular weight is 418 g/mol. The number of hydrogen-bond donors (Lipinski definition) is 1. The second kappa shape index (κ2) is 8.22. The Morgan fingerprint density at radius 3 is 2.38 bits per heavy atom. The van der Waals surface area contributed by atoms with Gasteiger partial charge in [-0.1, -0.05) is 6.07 Å². The van der Waals surface area contributed by atoms with E-state index in [9.17, 15) is 17.6 Å². The predicted molar refractivity (Wildman–Crippen MR) is 109 cm³/mol. The molecule has 154 valence electrons. The number of sulfonamides is 1. The van der Waals surface area contributed by atoms with Gasteiger partial charge in [0.15, 0.2) is 0 Å². The lowest BCUT2D eigenvalue weighted by molar-refractivity contribution is -0.117. The number of aryl methyl sites for hydroxylation is 2. The van der Waals surface area contributed by atoms with Crippen LogP contribution in [-0.2, 0) is 27.7 Å². The number of carbonyl (C=O) groups excluding carboxylic acids is 1. The van der Waals surface area contributed by atoms with E-state index in [1.54, 1.807) is 6.07 Å². The molecule has 1 fully saturated rings. The van der Waals surface area contributed by atoms with Gasteiger partial charge in [0.1, 0.15) is 5.82 Å². The summed E-state index contributed by atoms with van der Waals surface area (Å²) in [6, 6.07) is 11.1. The van der Waals surface area contributed by atoms with Gasteiger partial charge in [0.2, 0.25) is 15.9 Å². The van der Waals surface area contributed by atoms with Gasteiger partial charge >= 0.3 is 0 Å². The summed E-state index contributed by atoms with van der Waals surface area (Å²) in [7, 11) is -3.52. The van der Waals surface area contributed by atoms with Crippen molar-refractivity contribution >= 4 is 21.6 Å². The molecule has 1 amide bonds. The highest BCUT2D eigenvalue weighted by molar-refractivity contribution is 7.89. The molecule has 1 aliphatic heterocycles. The van der Waals surface area contributed by atoms with E-state index >= 15 is 0 Å². The number of nitrogens with one attached hydrogen (secondary N) is 1. The molecule has 0 saturated carbocycles. The Kier molecular flexibility index (Phi) is 5.67. The summed E-state index contributed by atoms with van der Waals surface area (Å²) < 4.78 is 40.4. The van der Waals surface area contributed by atoms with Gasteiger partial charge in [0.05, 0.1) is 11.4 Å². The van der Waals surface area contributed by atoms with E-state index in [1.165, 1.54) is 34.1 Å². The minimum atomic E-state index is -3.52. The van der Waals surface area contributed by atoms with Crippen molar-refractivity contribution in [1.82, 2.24) is 9.21 Å². The molecule has 1 heterocycles. The summed E-state index contributed by atoms with van der Waals surface area (Å²) in [5.41, 5.74) is 2.93. The molecule has 0 aromatic heterocycles. The largest absolute Gasteiger partial charge is 0.325 e. The molecule has 0 spiro atoms. The van der Waals surface area contributed by atoms with E-state index in [2.05, 4.69) is 5.32 Å². The number of halogens is 1. The number of rotatable bonds is 5. The molecule has 4 rings (SSSR count). The summed E-state index contributed by atoms with van der Waals surface area (Å²) in [5, 5.41) is 2.73. The molecule has 1 saturated heterocycles. The second-order valence-electron chi connectivity index (χ2n) is 7.52. The summed E-state index contributed by atoms with van der Waals surface area (Å²) in [4.78, 5) is 14.5. The standard InChI is InChI=1S/C21H24FN3O3S/c22-18-5-7-19(8-6-18)23-21(26)15-24-10-12-25(13-11-24)29(27,28)20-9-4-16-2-1-3-17(16)14-20/h4-9,14H,1-3,10-13,15H2,(H,23,26). The highest BCUT2D eigenvalue weighted by Crippen LogP contribution is 2.26. The molecule has 6 nitrogen and oxygen atoms in total. The highest BCUT2D eigenvalue weighted by Gasteiger charge is 2.29. The van der Waals surface area contributed by atoms with Crippen molar-refractivity contribution in [3.05, 3.63) is 59.4 Å². The molecular weight excluding hydrogens is 393 g/mol. The highest BCUT2D eigenvalue weighted by atomic mass is 32.2. The molecule has 1 N–H and O–H groups in total. The van der Waals surface area contributed by atoms with Gasteiger partial charge in [-0.3, -0.25) is 9.69 Å². The van der Waals surface area contributed by atoms with Crippen LogP contribution in [0.3, 0.4) is 0 Å². The van der Waals surface area contributed by atoms with E-state index in [-0.39, 0.29) is 18.3 Å². The monoisotopic (exact) mass is 417 g/mol. The lowest BCUT2D eigenvalue weighted by Crippen LogP contribution is -2.50. The molecule has 2 aliphatic rings. The van der Waals surface area contributed by atoms with Crippen molar-refractivity contribution in [2.45, 2.75) is 24.2 Å². The Morgan fingerprint density at radius 2 is 1.66 bits per heavy atom. The van der Waals surface area contributed by atoms with Crippen molar-refractivity contribution in [2.24, 2.45) is 0 Å². The molecule has 0 unspecified atom stereocenters. The molecular formula is C21H24FN3O3S. The van der Waals surface area contributed by atoms with E-state index in [0.29, 0.717) is 36.8 Å². The predicted octanol–water partition coefficient (Wildman–Crippen LogP) is 2.26. The Bertz CT molecular complexity index is 1000. The first kappa shape index (κ1) is 20.0. The number of nitrogens with zero attached hydrogens (tertiary/aromatic N) is 2. The van der Waals surface area contributed by atoms with Crippen molar-refractivity contribution in [3.8, 4) is 0 Å². The maximum atomic E-state index is 13.0. The fourth-order valence-corrected chi connectivity index (χ4v) is 5.40. The lowest BCUT2D eigenvalue weighted by Gasteiger charge is -2.33. The van der Waals surface area contributed by atoms with Crippen molar-refractivity contribution < 1.29 is 17.6 Å². The molecule has 29 heavy (non-hydrogen) atoms. The second-order valence-corrected chi connectivity index (χ2v) is 9.46. The first-order chi connectivity index (χ1) is 13.9. The third-order valence-corrected chi connectivity index (χ3v) is 7.43. The molecule has 0 bridgehead atoms. The average Bonchev–Trinajstić information content (AvgIpc) is 3.18. The van der Waals surface area contributed by atoms with Crippen molar-refractivity contribution in [2.75, 3.05) is 38.0 Å². The third kappa shape index (κ3) is 4.49. The number of benzene rings is 2. The van der Waals surface area contributed by atoms with Gasteiger partial charge in [-0.15, -0.1) is 0 Å². The fourth-order valence-electron chi connectivity index (χ4n) is 3.92. The minimum Gasteiger partial charge on any atom is -0.325 e. The molecule has 0 atom stereocenters. The Balaban J connectivity index is 1.32. The summed E-state index contributed by atoms with van der Waals surface area (Å²) in [5.74, 6) is -0.560. The van der Waals surface area contributed by atoms with Crippen LogP contribution in [0.2, 0.25) is 0 Å². The Labute approximate surface area is 170 Å². The van der Waals surface area contributed by atoms with E-state index < -0.39 is 10.0 Å². The number of anilines is 1. The maximum absolute atomic E-state index is 13.0. The first-order valence-electron chi connectivity index (χ1n) is 9.81. The van der Waals surface area contributed by atoms with Crippen LogP contribution in [0.5, 0.6) is 0 Å².